The Hall–Kier alpha value is -3.81. The van der Waals surface area contributed by atoms with Gasteiger partial charge in [-0.2, -0.15) is 0 Å². The molecule has 28 heavy (non-hydrogen) atoms. The molecule has 1 unspecified atom stereocenters. The lowest BCUT2D eigenvalue weighted by atomic mass is 10.1. The predicted molar refractivity (Wildman–Crippen MR) is 99.5 cm³/mol. The quantitative estimate of drug-likeness (QED) is 0.558. The Kier molecular flexibility index (Phi) is 5.30. The second-order valence-corrected chi connectivity index (χ2v) is 6.08. The van der Waals surface area contributed by atoms with Gasteiger partial charge >= 0.3 is 11.6 Å². The zero-order valence-electron chi connectivity index (χ0n) is 14.8. The first-order valence-corrected chi connectivity index (χ1v) is 8.37. The first-order chi connectivity index (χ1) is 13.4. The monoisotopic (exact) mass is 383 g/mol. The van der Waals surface area contributed by atoms with Gasteiger partial charge in [0.2, 0.25) is 0 Å². The summed E-state index contributed by atoms with van der Waals surface area (Å²) in [5.74, 6) is -2.49. The molecule has 2 aromatic carbocycles. The molecule has 8 heteroatoms. The van der Waals surface area contributed by atoms with E-state index in [9.17, 15) is 19.5 Å². The number of amides is 1. The van der Waals surface area contributed by atoms with Crippen molar-refractivity contribution in [1.29, 1.82) is 0 Å². The van der Waals surface area contributed by atoms with Gasteiger partial charge in [0.25, 0.3) is 5.91 Å². The highest BCUT2D eigenvalue weighted by Gasteiger charge is 2.24. The van der Waals surface area contributed by atoms with E-state index in [-0.39, 0.29) is 11.0 Å². The van der Waals surface area contributed by atoms with E-state index < -0.39 is 34.9 Å². The van der Waals surface area contributed by atoms with Gasteiger partial charge in [-0.25, -0.2) is 4.79 Å². The molecule has 0 aliphatic heterocycles. The van der Waals surface area contributed by atoms with Crippen molar-refractivity contribution in [3.63, 3.8) is 0 Å². The average Bonchev–Trinajstić information content (AvgIpc) is 2.66. The number of carbonyl (C=O) groups is 2. The Morgan fingerprint density at radius 1 is 1.18 bits per heavy atom. The van der Waals surface area contributed by atoms with Gasteiger partial charge in [-0.05, 0) is 24.6 Å². The van der Waals surface area contributed by atoms with Crippen LogP contribution in [0.3, 0.4) is 0 Å². The number of aromatic hydroxyl groups is 1. The lowest BCUT2D eigenvalue weighted by Crippen LogP contribution is -2.40. The second kappa shape index (κ2) is 7.83. The molecule has 0 aliphatic rings. The van der Waals surface area contributed by atoms with Crippen molar-refractivity contribution >= 4 is 22.8 Å². The van der Waals surface area contributed by atoms with E-state index in [1.54, 1.807) is 6.07 Å². The van der Waals surface area contributed by atoms with Gasteiger partial charge in [-0.1, -0.05) is 30.3 Å². The highest BCUT2D eigenvalue weighted by atomic mass is 16.5. The Bertz CT molecular complexity index is 1090. The summed E-state index contributed by atoms with van der Waals surface area (Å²) in [5.41, 5.74) is -0.749. The predicted octanol–water partition coefficient (Wildman–Crippen LogP) is 2.28. The fourth-order valence-electron chi connectivity index (χ4n) is 2.53. The van der Waals surface area contributed by atoms with Crippen LogP contribution in [-0.4, -0.2) is 28.1 Å². The van der Waals surface area contributed by atoms with E-state index in [1.165, 1.54) is 19.1 Å². The molecule has 0 fully saturated rings. The lowest BCUT2D eigenvalue weighted by Gasteiger charge is -2.11. The Labute approximate surface area is 159 Å². The van der Waals surface area contributed by atoms with Crippen LogP contribution >= 0.6 is 0 Å². The Balaban J connectivity index is 1.89. The summed E-state index contributed by atoms with van der Waals surface area (Å²) in [6.07, 6.45) is 0. The molecule has 0 aliphatic carbocycles. The summed E-state index contributed by atoms with van der Waals surface area (Å²) in [5, 5.41) is 21.4. The zero-order valence-corrected chi connectivity index (χ0v) is 14.8. The third-order valence-electron chi connectivity index (χ3n) is 4.05. The summed E-state index contributed by atoms with van der Waals surface area (Å²) < 4.78 is 10.8. The van der Waals surface area contributed by atoms with Crippen LogP contribution in [0.1, 0.15) is 22.8 Å². The SMILES string of the molecule is CC(NC(=O)c1c(O)c2ccc(OCc3ccccc3)cc2oc1=O)C(=O)O. The maximum absolute atomic E-state index is 12.2. The van der Waals surface area contributed by atoms with Crippen LogP contribution < -0.4 is 15.7 Å². The highest BCUT2D eigenvalue weighted by molar-refractivity contribution is 6.02. The number of hydrogen-bond acceptors (Lipinski definition) is 6. The third-order valence-corrected chi connectivity index (χ3v) is 4.05. The Morgan fingerprint density at radius 3 is 2.57 bits per heavy atom. The molecule has 3 N–H and O–H groups in total. The average molecular weight is 383 g/mol. The number of carboxylic acids is 1. The minimum absolute atomic E-state index is 0.0379. The topological polar surface area (TPSA) is 126 Å². The minimum Gasteiger partial charge on any atom is -0.506 e. The number of fused-ring (bicyclic) bond motifs is 1. The van der Waals surface area contributed by atoms with E-state index in [1.807, 2.05) is 30.3 Å². The number of carboxylic acid groups (broad SMARTS) is 1. The first-order valence-electron chi connectivity index (χ1n) is 8.37. The van der Waals surface area contributed by atoms with E-state index in [0.717, 1.165) is 5.56 Å². The molecule has 1 atom stereocenters. The van der Waals surface area contributed by atoms with Crippen molar-refractivity contribution in [2.24, 2.45) is 0 Å². The van der Waals surface area contributed by atoms with Gasteiger partial charge in [0.1, 0.15) is 29.7 Å². The molecule has 144 valence electrons. The van der Waals surface area contributed by atoms with Crippen LogP contribution in [0.2, 0.25) is 0 Å². The standard InChI is InChI=1S/C20H17NO7/c1-11(19(24)25)21-18(23)16-17(22)14-8-7-13(9-15(14)28-20(16)26)27-10-12-5-3-2-4-6-12/h2-9,11,22H,10H2,1H3,(H,21,23)(H,24,25). The van der Waals surface area contributed by atoms with Crippen LogP contribution in [0.4, 0.5) is 0 Å². The fourth-order valence-corrected chi connectivity index (χ4v) is 2.53. The first kappa shape index (κ1) is 19.0. The van der Waals surface area contributed by atoms with Gasteiger partial charge in [0, 0.05) is 6.07 Å². The molecule has 0 radical (unpaired) electrons. The number of nitrogens with one attached hydrogen (secondary N) is 1. The largest absolute Gasteiger partial charge is 0.506 e. The molecule has 3 rings (SSSR count). The van der Waals surface area contributed by atoms with Gasteiger partial charge in [-0.15, -0.1) is 0 Å². The summed E-state index contributed by atoms with van der Waals surface area (Å²) in [6, 6.07) is 12.7. The smallest absolute Gasteiger partial charge is 0.353 e. The van der Waals surface area contributed by atoms with Gasteiger partial charge in [0.05, 0.1) is 5.39 Å². The van der Waals surface area contributed by atoms with Crippen LogP contribution in [-0.2, 0) is 11.4 Å². The molecule has 0 saturated carbocycles. The van der Waals surface area contributed by atoms with Crippen molar-refractivity contribution in [2.75, 3.05) is 0 Å². The summed E-state index contributed by atoms with van der Waals surface area (Å²) in [7, 11) is 0. The maximum Gasteiger partial charge on any atom is 0.353 e. The van der Waals surface area contributed by atoms with Gasteiger partial charge < -0.3 is 24.7 Å². The van der Waals surface area contributed by atoms with E-state index in [2.05, 4.69) is 5.32 Å². The number of hydrogen-bond donors (Lipinski definition) is 3. The molecule has 3 aromatic rings. The summed E-state index contributed by atoms with van der Waals surface area (Å²) >= 11 is 0. The molecule has 0 saturated heterocycles. The Morgan fingerprint density at radius 2 is 1.89 bits per heavy atom. The van der Waals surface area contributed by atoms with E-state index in [0.29, 0.717) is 12.4 Å². The molecule has 8 nitrogen and oxygen atoms in total. The molecular formula is C20H17NO7. The molecule has 1 aromatic heterocycles. The zero-order chi connectivity index (χ0) is 20.3. The van der Waals surface area contributed by atoms with Gasteiger partial charge in [-0.3, -0.25) is 9.59 Å². The molecule has 0 bridgehead atoms. The number of ether oxygens (including phenoxy) is 1. The molecule has 1 amide bonds. The van der Waals surface area contributed by atoms with Crippen LogP contribution in [0.25, 0.3) is 11.0 Å². The summed E-state index contributed by atoms with van der Waals surface area (Å²) in [6.45, 7) is 1.53. The van der Waals surface area contributed by atoms with Crippen LogP contribution in [0.15, 0.2) is 57.7 Å². The fraction of sp³-hybridized carbons (Fsp3) is 0.150. The summed E-state index contributed by atoms with van der Waals surface area (Å²) in [4.78, 5) is 35.2. The maximum atomic E-state index is 12.2. The molecular weight excluding hydrogens is 366 g/mol. The lowest BCUT2D eigenvalue weighted by molar-refractivity contribution is -0.138. The van der Waals surface area contributed by atoms with Gasteiger partial charge in [0.15, 0.2) is 5.56 Å². The van der Waals surface area contributed by atoms with Crippen LogP contribution in [0, 0.1) is 0 Å². The van der Waals surface area contributed by atoms with Crippen molar-refractivity contribution in [3.05, 3.63) is 70.1 Å². The molecule has 1 heterocycles. The van der Waals surface area contributed by atoms with E-state index >= 15 is 0 Å². The number of benzene rings is 2. The van der Waals surface area contributed by atoms with Crippen LogP contribution in [0.5, 0.6) is 11.5 Å². The van der Waals surface area contributed by atoms with Crippen molar-refractivity contribution < 1.29 is 29.0 Å². The highest BCUT2D eigenvalue weighted by Crippen LogP contribution is 2.29. The number of carbonyl (C=O) groups excluding carboxylic acids is 1. The van der Waals surface area contributed by atoms with Crippen molar-refractivity contribution in [1.82, 2.24) is 5.32 Å². The van der Waals surface area contributed by atoms with E-state index in [4.69, 9.17) is 14.3 Å². The second-order valence-electron chi connectivity index (χ2n) is 6.08. The molecule has 0 spiro atoms. The van der Waals surface area contributed by atoms with Crippen molar-refractivity contribution in [2.45, 2.75) is 19.6 Å². The third kappa shape index (κ3) is 3.96. The van der Waals surface area contributed by atoms with Crippen molar-refractivity contribution in [3.8, 4) is 11.5 Å². The minimum atomic E-state index is -1.28. The number of rotatable bonds is 6. The number of aliphatic carboxylic acids is 1. The normalized spacial score (nSPS) is 11.8.